The number of rotatable bonds is 5. The van der Waals surface area contributed by atoms with Crippen LogP contribution in [0.4, 0.5) is 10.6 Å². The molecule has 0 bridgehead atoms. The van der Waals surface area contributed by atoms with Crippen LogP contribution in [0.1, 0.15) is 60.8 Å². The SMILES string of the molecule is CCOC(=O)N1CCc2cc(OC)c(C(=O)Nc3cccc(C(=N)N4C(=N)CCC4(C)C)n3)cc2C1. The van der Waals surface area contributed by atoms with Crippen molar-refractivity contribution in [1.29, 1.82) is 10.8 Å². The van der Waals surface area contributed by atoms with Gasteiger partial charge in [0.2, 0.25) is 0 Å². The van der Waals surface area contributed by atoms with E-state index in [1.165, 1.54) is 7.11 Å². The van der Waals surface area contributed by atoms with E-state index in [2.05, 4.69) is 10.3 Å². The zero-order valence-electron chi connectivity index (χ0n) is 21.1. The molecule has 2 aromatic rings. The van der Waals surface area contributed by atoms with E-state index >= 15 is 0 Å². The van der Waals surface area contributed by atoms with Crippen LogP contribution in [-0.4, -0.2) is 64.3 Å². The minimum Gasteiger partial charge on any atom is -0.496 e. The third-order valence-corrected chi connectivity index (χ3v) is 6.61. The van der Waals surface area contributed by atoms with Crippen LogP contribution in [0.5, 0.6) is 5.75 Å². The van der Waals surface area contributed by atoms with Crippen LogP contribution < -0.4 is 10.1 Å². The smallest absolute Gasteiger partial charge is 0.410 e. The van der Waals surface area contributed by atoms with Gasteiger partial charge in [-0.3, -0.25) is 15.6 Å². The van der Waals surface area contributed by atoms with Crippen LogP contribution in [0, 0.1) is 10.8 Å². The van der Waals surface area contributed by atoms with Gasteiger partial charge in [-0.1, -0.05) is 6.07 Å². The highest BCUT2D eigenvalue weighted by Crippen LogP contribution is 2.31. The molecule has 2 aliphatic heterocycles. The molecule has 1 saturated heterocycles. The summed E-state index contributed by atoms with van der Waals surface area (Å²) in [5.41, 5.74) is 2.23. The summed E-state index contributed by atoms with van der Waals surface area (Å²) in [6, 6.07) is 8.66. The van der Waals surface area contributed by atoms with E-state index in [0.29, 0.717) is 61.2 Å². The van der Waals surface area contributed by atoms with Crippen LogP contribution in [-0.2, 0) is 17.7 Å². The predicted molar refractivity (Wildman–Crippen MR) is 136 cm³/mol. The highest BCUT2D eigenvalue weighted by molar-refractivity contribution is 6.09. The monoisotopic (exact) mass is 492 g/mol. The number of carbonyl (C=O) groups excluding carboxylic acids is 2. The molecule has 10 nitrogen and oxygen atoms in total. The molecule has 3 heterocycles. The fraction of sp³-hybridized carbons (Fsp3) is 0.423. The molecular weight excluding hydrogens is 460 g/mol. The van der Waals surface area contributed by atoms with Gasteiger partial charge in [-0.25, -0.2) is 9.78 Å². The highest BCUT2D eigenvalue weighted by atomic mass is 16.6. The summed E-state index contributed by atoms with van der Waals surface area (Å²) in [7, 11) is 1.51. The molecule has 36 heavy (non-hydrogen) atoms. The Kier molecular flexibility index (Phi) is 6.96. The van der Waals surface area contributed by atoms with Crippen molar-refractivity contribution in [2.45, 2.75) is 52.1 Å². The van der Waals surface area contributed by atoms with Crippen molar-refractivity contribution in [1.82, 2.24) is 14.8 Å². The number of benzene rings is 1. The highest BCUT2D eigenvalue weighted by Gasteiger charge is 2.38. The van der Waals surface area contributed by atoms with Crippen molar-refractivity contribution in [2.75, 3.05) is 25.6 Å². The van der Waals surface area contributed by atoms with Gasteiger partial charge in [-0.2, -0.15) is 0 Å². The van der Waals surface area contributed by atoms with Crippen LogP contribution in [0.15, 0.2) is 30.3 Å². The van der Waals surface area contributed by atoms with Gasteiger partial charge in [0, 0.05) is 25.0 Å². The number of hydrogen-bond donors (Lipinski definition) is 3. The van der Waals surface area contributed by atoms with Crippen molar-refractivity contribution in [3.05, 3.63) is 52.7 Å². The lowest BCUT2D eigenvalue weighted by molar-refractivity contribution is 0.102. The van der Waals surface area contributed by atoms with E-state index in [0.717, 1.165) is 17.5 Å². The molecule has 0 atom stereocenters. The average molecular weight is 493 g/mol. The van der Waals surface area contributed by atoms with Crippen molar-refractivity contribution in [3.8, 4) is 5.75 Å². The van der Waals surface area contributed by atoms with Gasteiger partial charge in [-0.05, 0) is 69.0 Å². The molecular formula is C26H32N6O4. The third-order valence-electron chi connectivity index (χ3n) is 6.61. The lowest BCUT2D eigenvalue weighted by atomic mass is 9.96. The number of fused-ring (bicyclic) bond motifs is 1. The fourth-order valence-electron chi connectivity index (χ4n) is 4.69. The summed E-state index contributed by atoms with van der Waals surface area (Å²) in [4.78, 5) is 33.2. The molecule has 0 unspecified atom stereocenters. The first-order valence-electron chi connectivity index (χ1n) is 12.0. The van der Waals surface area contributed by atoms with E-state index in [1.54, 1.807) is 41.0 Å². The number of nitrogens with one attached hydrogen (secondary N) is 3. The minimum absolute atomic E-state index is 0.129. The Bertz CT molecular complexity index is 1220. The number of carbonyl (C=O) groups is 2. The molecule has 0 saturated carbocycles. The van der Waals surface area contributed by atoms with Crippen molar-refractivity contribution in [2.24, 2.45) is 0 Å². The van der Waals surface area contributed by atoms with Gasteiger partial charge in [0.25, 0.3) is 5.91 Å². The molecule has 1 aromatic carbocycles. The first-order valence-corrected chi connectivity index (χ1v) is 12.0. The zero-order chi connectivity index (χ0) is 26.0. The third kappa shape index (κ3) is 4.89. The molecule has 10 heteroatoms. The summed E-state index contributed by atoms with van der Waals surface area (Å²) >= 11 is 0. The first-order chi connectivity index (χ1) is 17.1. The molecule has 1 aromatic heterocycles. The maximum atomic E-state index is 13.3. The Hall–Kier alpha value is -3.95. The largest absolute Gasteiger partial charge is 0.496 e. The molecule has 0 radical (unpaired) electrons. The van der Waals surface area contributed by atoms with E-state index in [4.69, 9.17) is 20.3 Å². The van der Waals surface area contributed by atoms with Gasteiger partial charge in [0.15, 0.2) is 5.84 Å². The summed E-state index contributed by atoms with van der Waals surface area (Å²) in [5.74, 6) is 0.833. The number of aromatic nitrogens is 1. The van der Waals surface area contributed by atoms with Crippen LogP contribution in [0.3, 0.4) is 0 Å². The summed E-state index contributed by atoms with van der Waals surface area (Å²) in [6.45, 7) is 6.96. The van der Waals surface area contributed by atoms with Gasteiger partial charge < -0.3 is 24.6 Å². The molecule has 2 amide bonds. The zero-order valence-corrected chi connectivity index (χ0v) is 21.1. The van der Waals surface area contributed by atoms with Gasteiger partial charge >= 0.3 is 6.09 Å². The maximum Gasteiger partial charge on any atom is 0.410 e. The molecule has 0 spiro atoms. The van der Waals surface area contributed by atoms with Crippen molar-refractivity contribution >= 4 is 29.5 Å². The molecule has 4 rings (SSSR count). The van der Waals surface area contributed by atoms with E-state index in [-0.39, 0.29) is 17.5 Å². The second-order valence-electron chi connectivity index (χ2n) is 9.50. The van der Waals surface area contributed by atoms with Crippen LogP contribution >= 0.6 is 0 Å². The number of nitrogens with zero attached hydrogens (tertiary/aromatic N) is 3. The second-order valence-corrected chi connectivity index (χ2v) is 9.50. The number of amides is 2. The molecule has 2 aliphatic rings. The van der Waals surface area contributed by atoms with Gasteiger partial charge in [-0.15, -0.1) is 0 Å². The standard InChI is InChI=1S/C26H32N6O4/c1-5-36-25(34)31-12-10-16-14-20(35-4)18(13-17(16)15-31)24(33)30-22-8-6-7-19(29-22)23(28)32-21(27)9-11-26(32,2)3/h6-8,13-14,27-28H,5,9-12,15H2,1-4H3,(H,29,30,33). The molecule has 1 fully saturated rings. The predicted octanol–water partition coefficient (Wildman–Crippen LogP) is 4.03. The van der Waals surface area contributed by atoms with E-state index < -0.39 is 5.91 Å². The molecule has 3 N–H and O–H groups in total. The number of pyridine rings is 1. The Morgan fingerprint density at radius 2 is 1.97 bits per heavy atom. The fourth-order valence-corrected chi connectivity index (χ4v) is 4.69. The van der Waals surface area contributed by atoms with Gasteiger partial charge in [0.05, 0.1) is 19.3 Å². The minimum atomic E-state index is -0.409. The van der Waals surface area contributed by atoms with Crippen molar-refractivity contribution < 1.29 is 19.1 Å². The summed E-state index contributed by atoms with van der Waals surface area (Å²) < 4.78 is 10.6. The number of likely N-dealkylation sites (tertiary alicyclic amines) is 1. The van der Waals surface area contributed by atoms with Crippen LogP contribution in [0.2, 0.25) is 0 Å². The normalized spacial score (nSPS) is 16.4. The summed E-state index contributed by atoms with van der Waals surface area (Å²) in [6.07, 6.45) is 1.66. The number of ether oxygens (including phenoxy) is 2. The first kappa shape index (κ1) is 25.2. The van der Waals surface area contributed by atoms with E-state index in [1.807, 2.05) is 19.9 Å². The average Bonchev–Trinajstić information content (AvgIpc) is 3.14. The molecule has 0 aliphatic carbocycles. The molecule has 190 valence electrons. The lowest BCUT2D eigenvalue weighted by Gasteiger charge is -2.32. The Morgan fingerprint density at radius 3 is 2.64 bits per heavy atom. The maximum absolute atomic E-state index is 13.3. The number of amidine groups is 2. The Balaban J connectivity index is 1.56. The quantitative estimate of drug-likeness (QED) is 0.426. The lowest BCUT2D eigenvalue weighted by Crippen LogP contribution is -2.45. The van der Waals surface area contributed by atoms with Gasteiger partial charge in [0.1, 0.15) is 23.1 Å². The second kappa shape index (κ2) is 9.96. The van der Waals surface area contributed by atoms with Crippen molar-refractivity contribution in [3.63, 3.8) is 0 Å². The number of hydrogen-bond acceptors (Lipinski definition) is 7. The number of anilines is 1. The topological polar surface area (TPSA) is 132 Å². The number of methoxy groups -OCH3 is 1. The summed E-state index contributed by atoms with van der Waals surface area (Å²) in [5, 5.41) is 19.7. The Morgan fingerprint density at radius 1 is 1.19 bits per heavy atom. The van der Waals surface area contributed by atoms with E-state index in [9.17, 15) is 9.59 Å². The van der Waals surface area contributed by atoms with Crippen LogP contribution in [0.25, 0.3) is 0 Å². The Labute approximate surface area is 210 Å².